The van der Waals surface area contributed by atoms with Gasteiger partial charge >= 0.3 is 0 Å². The van der Waals surface area contributed by atoms with Gasteiger partial charge in [-0.25, -0.2) is 0 Å². The fraction of sp³-hybridized carbons (Fsp3) is 0.355. The van der Waals surface area contributed by atoms with Crippen LogP contribution in [0.15, 0.2) is 84.9 Å². The molecule has 5 nitrogen and oxygen atoms in total. The quantitative estimate of drug-likeness (QED) is 0.298. The standard InChI is InChI=1S/C31H37N2O3/c1-4-31(23-25-11-7-5-8-12-25,33(2,3)24-29(34)26-13-9-6-10-14-26)30(35)27-15-17-28(18-16-27)32-19-21-36-22-20-32/h5-18H,4,19-24H2,1-3H3/q+1. The van der Waals surface area contributed by atoms with E-state index in [1.807, 2.05) is 86.9 Å². The van der Waals surface area contributed by atoms with Crippen molar-refractivity contribution in [2.75, 3.05) is 51.8 Å². The molecule has 0 spiro atoms. The number of nitrogens with zero attached hydrogens (tertiary/aromatic N) is 2. The molecule has 1 aliphatic heterocycles. The highest BCUT2D eigenvalue weighted by molar-refractivity contribution is 6.03. The summed E-state index contributed by atoms with van der Waals surface area (Å²) in [5.74, 6) is 0.121. The minimum Gasteiger partial charge on any atom is -0.378 e. The predicted octanol–water partition coefficient (Wildman–Crippen LogP) is 5.06. The molecule has 4 rings (SSSR count). The summed E-state index contributed by atoms with van der Waals surface area (Å²) >= 11 is 0. The molecule has 1 atom stereocenters. The van der Waals surface area contributed by atoms with Crippen molar-refractivity contribution >= 4 is 17.3 Å². The first kappa shape index (κ1) is 25.8. The summed E-state index contributed by atoms with van der Waals surface area (Å²) in [6.07, 6.45) is 1.17. The zero-order valence-electron chi connectivity index (χ0n) is 21.7. The number of ketones is 2. The second-order valence-electron chi connectivity index (χ2n) is 10.2. The van der Waals surface area contributed by atoms with Crippen molar-refractivity contribution in [3.8, 4) is 0 Å². The summed E-state index contributed by atoms with van der Waals surface area (Å²) in [6, 6.07) is 27.5. The van der Waals surface area contributed by atoms with Crippen LogP contribution >= 0.6 is 0 Å². The Morgan fingerprint density at radius 2 is 1.42 bits per heavy atom. The van der Waals surface area contributed by atoms with E-state index in [2.05, 4.69) is 24.0 Å². The molecule has 0 N–H and O–H groups in total. The Hall–Kier alpha value is -3.28. The highest BCUT2D eigenvalue weighted by Gasteiger charge is 2.51. The van der Waals surface area contributed by atoms with Crippen LogP contribution in [0.5, 0.6) is 0 Å². The first-order valence-corrected chi connectivity index (χ1v) is 12.8. The zero-order chi connectivity index (χ0) is 25.6. The topological polar surface area (TPSA) is 46.6 Å². The van der Waals surface area contributed by atoms with Gasteiger partial charge in [-0.15, -0.1) is 0 Å². The molecule has 188 valence electrons. The average molecular weight is 486 g/mol. The monoisotopic (exact) mass is 485 g/mol. The number of anilines is 1. The summed E-state index contributed by atoms with van der Waals surface area (Å²) in [5.41, 5.74) is 2.76. The number of carbonyl (C=O) groups excluding carboxylic acids is 2. The maximum Gasteiger partial charge on any atom is 0.223 e. The molecule has 0 amide bonds. The number of Topliss-reactive ketones (excluding diaryl/α,β-unsaturated/α-hetero) is 2. The smallest absolute Gasteiger partial charge is 0.223 e. The van der Waals surface area contributed by atoms with Gasteiger partial charge in [0.25, 0.3) is 0 Å². The lowest BCUT2D eigenvalue weighted by atomic mass is 9.78. The fourth-order valence-electron chi connectivity index (χ4n) is 5.36. The van der Waals surface area contributed by atoms with E-state index in [4.69, 9.17) is 4.74 Å². The van der Waals surface area contributed by atoms with Crippen LogP contribution in [-0.2, 0) is 11.2 Å². The Labute approximate surface area is 214 Å². The summed E-state index contributed by atoms with van der Waals surface area (Å²) in [5, 5.41) is 0. The highest BCUT2D eigenvalue weighted by atomic mass is 16.5. The van der Waals surface area contributed by atoms with E-state index in [0.29, 0.717) is 24.0 Å². The van der Waals surface area contributed by atoms with Gasteiger partial charge in [-0.05, 0) is 29.8 Å². The number of quaternary nitrogens is 1. The van der Waals surface area contributed by atoms with Crippen molar-refractivity contribution in [1.82, 2.24) is 0 Å². The van der Waals surface area contributed by atoms with Crippen molar-refractivity contribution in [3.63, 3.8) is 0 Å². The summed E-state index contributed by atoms with van der Waals surface area (Å²) < 4.78 is 5.75. The van der Waals surface area contributed by atoms with Crippen LogP contribution in [0, 0.1) is 0 Å². The maximum atomic E-state index is 14.4. The Morgan fingerprint density at radius 3 is 2.00 bits per heavy atom. The molecular formula is C31H37N2O3+. The van der Waals surface area contributed by atoms with Crippen LogP contribution in [-0.4, -0.2) is 68.5 Å². The summed E-state index contributed by atoms with van der Waals surface area (Å²) in [6.45, 7) is 5.45. The molecular weight excluding hydrogens is 448 g/mol. The van der Waals surface area contributed by atoms with Crippen molar-refractivity contribution in [1.29, 1.82) is 0 Å². The number of rotatable bonds is 10. The first-order valence-electron chi connectivity index (χ1n) is 12.8. The number of carbonyl (C=O) groups is 2. The molecule has 5 heteroatoms. The molecule has 1 unspecified atom stereocenters. The Bertz CT molecular complexity index is 1150. The van der Waals surface area contributed by atoms with E-state index in [1.165, 1.54) is 0 Å². The Kier molecular flexibility index (Phi) is 8.02. The lowest BCUT2D eigenvalue weighted by Gasteiger charge is -2.47. The predicted molar refractivity (Wildman–Crippen MR) is 145 cm³/mol. The van der Waals surface area contributed by atoms with E-state index in [9.17, 15) is 9.59 Å². The lowest BCUT2D eigenvalue weighted by Crippen LogP contribution is -2.66. The number of benzene rings is 3. The van der Waals surface area contributed by atoms with Gasteiger partial charge in [0.1, 0.15) is 6.54 Å². The van der Waals surface area contributed by atoms with Gasteiger partial charge in [0.2, 0.25) is 11.6 Å². The molecule has 0 radical (unpaired) electrons. The number of morpholine rings is 1. The molecule has 0 bridgehead atoms. The minimum atomic E-state index is -0.799. The van der Waals surface area contributed by atoms with Crippen LogP contribution in [0.1, 0.15) is 39.6 Å². The normalized spacial score (nSPS) is 15.8. The second-order valence-corrected chi connectivity index (χ2v) is 10.2. The molecule has 0 saturated carbocycles. The molecule has 3 aromatic carbocycles. The van der Waals surface area contributed by atoms with Gasteiger partial charge in [0.05, 0.1) is 27.3 Å². The third-order valence-electron chi connectivity index (χ3n) is 7.65. The van der Waals surface area contributed by atoms with Gasteiger partial charge < -0.3 is 14.1 Å². The SMILES string of the molecule is CCC(Cc1ccccc1)(C(=O)c1ccc(N2CCOCC2)cc1)[N+](C)(C)CC(=O)c1ccccc1. The maximum absolute atomic E-state index is 14.4. The average Bonchev–Trinajstić information content (AvgIpc) is 2.92. The number of hydrogen-bond donors (Lipinski definition) is 0. The minimum absolute atomic E-state index is 0.0435. The molecule has 3 aromatic rings. The van der Waals surface area contributed by atoms with Gasteiger partial charge in [0, 0.05) is 42.7 Å². The van der Waals surface area contributed by atoms with E-state index >= 15 is 0 Å². The Morgan fingerprint density at radius 1 is 0.833 bits per heavy atom. The van der Waals surface area contributed by atoms with Gasteiger partial charge in [-0.2, -0.15) is 0 Å². The van der Waals surface area contributed by atoms with Crippen LogP contribution in [0.2, 0.25) is 0 Å². The van der Waals surface area contributed by atoms with Crippen LogP contribution in [0.25, 0.3) is 0 Å². The number of likely N-dealkylation sites (N-methyl/N-ethyl adjacent to an activating group) is 1. The van der Waals surface area contributed by atoms with Crippen molar-refractivity contribution in [2.45, 2.75) is 25.3 Å². The van der Waals surface area contributed by atoms with E-state index in [0.717, 1.165) is 37.6 Å². The van der Waals surface area contributed by atoms with Crippen molar-refractivity contribution in [3.05, 3.63) is 102 Å². The molecule has 1 aliphatic rings. The summed E-state index contributed by atoms with van der Waals surface area (Å²) in [4.78, 5) is 30.0. The van der Waals surface area contributed by atoms with E-state index in [-0.39, 0.29) is 22.6 Å². The fourth-order valence-corrected chi connectivity index (χ4v) is 5.36. The van der Waals surface area contributed by atoms with Gasteiger partial charge in [0.15, 0.2) is 5.54 Å². The lowest BCUT2D eigenvalue weighted by molar-refractivity contribution is -0.923. The first-order chi connectivity index (χ1) is 17.4. The molecule has 1 heterocycles. The third-order valence-corrected chi connectivity index (χ3v) is 7.65. The van der Waals surface area contributed by atoms with Gasteiger partial charge in [-0.1, -0.05) is 67.6 Å². The number of ether oxygens (including phenoxy) is 1. The van der Waals surface area contributed by atoms with Crippen molar-refractivity contribution in [2.24, 2.45) is 0 Å². The van der Waals surface area contributed by atoms with Crippen molar-refractivity contribution < 1.29 is 18.8 Å². The Balaban J connectivity index is 1.68. The molecule has 0 aromatic heterocycles. The number of hydrogen-bond acceptors (Lipinski definition) is 4. The molecule has 1 saturated heterocycles. The highest BCUT2D eigenvalue weighted by Crippen LogP contribution is 2.34. The van der Waals surface area contributed by atoms with Crippen LogP contribution in [0.3, 0.4) is 0 Å². The molecule has 0 aliphatic carbocycles. The molecule has 36 heavy (non-hydrogen) atoms. The van der Waals surface area contributed by atoms with Crippen LogP contribution in [0.4, 0.5) is 5.69 Å². The van der Waals surface area contributed by atoms with E-state index < -0.39 is 5.54 Å². The third kappa shape index (κ3) is 5.43. The molecule has 1 fully saturated rings. The van der Waals surface area contributed by atoms with E-state index in [1.54, 1.807) is 0 Å². The van der Waals surface area contributed by atoms with Gasteiger partial charge in [-0.3, -0.25) is 9.59 Å². The van der Waals surface area contributed by atoms with Crippen LogP contribution < -0.4 is 4.90 Å². The summed E-state index contributed by atoms with van der Waals surface area (Å²) in [7, 11) is 4.04. The zero-order valence-corrected chi connectivity index (χ0v) is 21.7. The second kappa shape index (κ2) is 11.2. The largest absolute Gasteiger partial charge is 0.378 e.